The van der Waals surface area contributed by atoms with Crippen molar-refractivity contribution in [3.8, 4) is 11.5 Å². The molecule has 5 nitrogen and oxygen atoms in total. The molecule has 0 aliphatic heterocycles. The van der Waals surface area contributed by atoms with E-state index in [4.69, 9.17) is 9.84 Å². The van der Waals surface area contributed by atoms with Crippen LogP contribution in [0.1, 0.15) is 10.5 Å². The van der Waals surface area contributed by atoms with E-state index < -0.39 is 5.97 Å². The number of carboxylic acids is 1. The Kier molecular flexibility index (Phi) is 2.59. The second-order valence-corrected chi connectivity index (χ2v) is 3.20. The topological polar surface area (TPSA) is 64.4 Å². The van der Waals surface area contributed by atoms with E-state index in [1.54, 1.807) is 19.2 Å². The predicted molar refractivity (Wildman–Crippen MR) is 56.7 cm³/mol. The van der Waals surface area contributed by atoms with Crippen molar-refractivity contribution in [1.29, 1.82) is 0 Å². The molecule has 0 spiro atoms. The van der Waals surface area contributed by atoms with Crippen LogP contribution in [-0.4, -0.2) is 20.9 Å². The SMILES string of the molecule is Cn1ncc(Oc2ccccc2)c1C(=O)O. The Bertz CT molecular complexity index is 505. The van der Waals surface area contributed by atoms with Gasteiger partial charge in [-0.3, -0.25) is 4.68 Å². The molecule has 1 aromatic heterocycles. The maximum atomic E-state index is 11.0. The summed E-state index contributed by atoms with van der Waals surface area (Å²) in [6, 6.07) is 8.98. The maximum absolute atomic E-state index is 11.0. The molecule has 0 fully saturated rings. The number of aromatic carboxylic acids is 1. The molecule has 0 amide bonds. The predicted octanol–water partition coefficient (Wildman–Crippen LogP) is 1.91. The number of aromatic nitrogens is 2. The molecular formula is C11H10N2O3. The fourth-order valence-corrected chi connectivity index (χ4v) is 1.35. The molecule has 0 saturated heterocycles. The van der Waals surface area contributed by atoms with Gasteiger partial charge in [0.15, 0.2) is 11.4 Å². The summed E-state index contributed by atoms with van der Waals surface area (Å²) in [6.07, 6.45) is 1.39. The molecule has 1 N–H and O–H groups in total. The molecule has 16 heavy (non-hydrogen) atoms. The van der Waals surface area contributed by atoms with Crippen molar-refractivity contribution in [3.63, 3.8) is 0 Å². The van der Waals surface area contributed by atoms with Crippen molar-refractivity contribution in [1.82, 2.24) is 9.78 Å². The van der Waals surface area contributed by atoms with Crippen LogP contribution >= 0.6 is 0 Å². The second-order valence-electron chi connectivity index (χ2n) is 3.20. The van der Waals surface area contributed by atoms with Crippen molar-refractivity contribution in [2.75, 3.05) is 0 Å². The van der Waals surface area contributed by atoms with E-state index in [1.807, 2.05) is 18.2 Å². The molecule has 0 bridgehead atoms. The zero-order valence-corrected chi connectivity index (χ0v) is 8.62. The fraction of sp³-hybridized carbons (Fsp3) is 0.0909. The molecule has 0 unspecified atom stereocenters. The first-order valence-electron chi connectivity index (χ1n) is 4.66. The number of ether oxygens (including phenoxy) is 1. The van der Waals surface area contributed by atoms with Gasteiger partial charge in [-0.1, -0.05) is 18.2 Å². The average Bonchev–Trinajstić information content (AvgIpc) is 2.61. The minimum Gasteiger partial charge on any atom is -0.476 e. The summed E-state index contributed by atoms with van der Waals surface area (Å²) in [5.41, 5.74) is 0.0313. The third-order valence-electron chi connectivity index (χ3n) is 2.08. The highest BCUT2D eigenvalue weighted by atomic mass is 16.5. The van der Waals surface area contributed by atoms with Gasteiger partial charge in [-0.25, -0.2) is 4.79 Å². The van der Waals surface area contributed by atoms with E-state index in [9.17, 15) is 4.79 Å². The summed E-state index contributed by atoms with van der Waals surface area (Å²) >= 11 is 0. The Balaban J connectivity index is 2.32. The number of aryl methyl sites for hydroxylation is 1. The van der Waals surface area contributed by atoms with Crippen LogP contribution in [0.25, 0.3) is 0 Å². The zero-order valence-electron chi connectivity index (χ0n) is 8.62. The molecule has 0 aliphatic rings. The molecule has 0 atom stereocenters. The highest BCUT2D eigenvalue weighted by molar-refractivity contribution is 5.88. The Morgan fingerprint density at radius 2 is 2.06 bits per heavy atom. The zero-order chi connectivity index (χ0) is 11.5. The van der Waals surface area contributed by atoms with E-state index in [0.717, 1.165) is 0 Å². The van der Waals surface area contributed by atoms with Crippen LogP contribution in [0.4, 0.5) is 0 Å². The number of para-hydroxylation sites is 1. The smallest absolute Gasteiger partial charge is 0.358 e. The molecule has 0 saturated carbocycles. The van der Waals surface area contributed by atoms with Crippen LogP contribution in [0, 0.1) is 0 Å². The van der Waals surface area contributed by atoms with Crippen LogP contribution in [-0.2, 0) is 7.05 Å². The normalized spacial score (nSPS) is 10.1. The summed E-state index contributed by atoms with van der Waals surface area (Å²) in [4.78, 5) is 11.0. The monoisotopic (exact) mass is 218 g/mol. The largest absolute Gasteiger partial charge is 0.476 e. The van der Waals surface area contributed by atoms with Crippen LogP contribution in [0.3, 0.4) is 0 Å². The molecule has 2 rings (SSSR count). The Morgan fingerprint density at radius 3 is 2.69 bits per heavy atom. The lowest BCUT2D eigenvalue weighted by Crippen LogP contribution is -2.06. The Morgan fingerprint density at radius 1 is 1.38 bits per heavy atom. The lowest BCUT2D eigenvalue weighted by Gasteiger charge is -2.04. The van der Waals surface area contributed by atoms with Gasteiger partial charge in [0.05, 0.1) is 6.20 Å². The van der Waals surface area contributed by atoms with Gasteiger partial charge in [0, 0.05) is 7.05 Å². The van der Waals surface area contributed by atoms with Gasteiger partial charge in [-0.15, -0.1) is 0 Å². The van der Waals surface area contributed by atoms with Crippen molar-refractivity contribution in [2.24, 2.45) is 7.05 Å². The molecule has 5 heteroatoms. The lowest BCUT2D eigenvalue weighted by molar-refractivity contribution is 0.0682. The van der Waals surface area contributed by atoms with Gasteiger partial charge in [0.2, 0.25) is 0 Å². The van der Waals surface area contributed by atoms with E-state index in [2.05, 4.69) is 5.10 Å². The number of nitrogens with zero attached hydrogens (tertiary/aromatic N) is 2. The van der Waals surface area contributed by atoms with Crippen molar-refractivity contribution < 1.29 is 14.6 Å². The molecule has 0 radical (unpaired) electrons. The van der Waals surface area contributed by atoms with E-state index >= 15 is 0 Å². The number of rotatable bonds is 3. The van der Waals surface area contributed by atoms with Gasteiger partial charge < -0.3 is 9.84 Å². The van der Waals surface area contributed by atoms with Crippen LogP contribution < -0.4 is 4.74 Å². The first kappa shape index (κ1) is 10.2. The highest BCUT2D eigenvalue weighted by Gasteiger charge is 2.17. The fourth-order valence-electron chi connectivity index (χ4n) is 1.35. The number of hydrogen-bond donors (Lipinski definition) is 1. The quantitative estimate of drug-likeness (QED) is 0.854. The number of hydrogen-bond acceptors (Lipinski definition) is 3. The summed E-state index contributed by atoms with van der Waals surface area (Å²) in [5.74, 6) is -0.245. The van der Waals surface area contributed by atoms with Crippen LogP contribution in [0.5, 0.6) is 11.5 Å². The summed E-state index contributed by atoms with van der Waals surface area (Å²) in [6.45, 7) is 0. The van der Waals surface area contributed by atoms with Gasteiger partial charge in [0.1, 0.15) is 5.75 Å². The molecular weight excluding hydrogens is 208 g/mol. The first-order chi connectivity index (χ1) is 7.68. The number of benzene rings is 1. The third-order valence-corrected chi connectivity index (χ3v) is 2.08. The summed E-state index contributed by atoms with van der Waals surface area (Å²) in [7, 11) is 1.56. The molecule has 2 aromatic rings. The molecule has 0 aliphatic carbocycles. The Hall–Kier alpha value is -2.30. The summed E-state index contributed by atoms with van der Waals surface area (Å²) in [5, 5.41) is 12.8. The van der Waals surface area contributed by atoms with Crippen molar-refractivity contribution in [3.05, 3.63) is 42.2 Å². The average molecular weight is 218 g/mol. The van der Waals surface area contributed by atoms with Crippen molar-refractivity contribution >= 4 is 5.97 Å². The Labute approximate surface area is 91.9 Å². The summed E-state index contributed by atoms with van der Waals surface area (Å²) < 4.78 is 6.69. The van der Waals surface area contributed by atoms with Gasteiger partial charge in [-0.05, 0) is 12.1 Å². The van der Waals surface area contributed by atoms with E-state index in [0.29, 0.717) is 5.75 Å². The van der Waals surface area contributed by atoms with Crippen LogP contribution in [0.2, 0.25) is 0 Å². The second kappa shape index (κ2) is 4.06. The van der Waals surface area contributed by atoms with Gasteiger partial charge in [0.25, 0.3) is 0 Å². The van der Waals surface area contributed by atoms with Gasteiger partial charge in [-0.2, -0.15) is 5.10 Å². The number of carboxylic acid groups (broad SMARTS) is 1. The standard InChI is InChI=1S/C11H10N2O3/c1-13-10(11(14)15)9(7-12-13)16-8-5-3-2-4-6-8/h2-7H,1H3,(H,14,15). The lowest BCUT2D eigenvalue weighted by atomic mass is 10.3. The van der Waals surface area contributed by atoms with E-state index in [1.165, 1.54) is 10.9 Å². The van der Waals surface area contributed by atoms with Crippen LogP contribution in [0.15, 0.2) is 36.5 Å². The van der Waals surface area contributed by atoms with E-state index in [-0.39, 0.29) is 11.4 Å². The highest BCUT2D eigenvalue weighted by Crippen LogP contribution is 2.24. The molecule has 1 heterocycles. The van der Waals surface area contributed by atoms with Crippen molar-refractivity contribution in [2.45, 2.75) is 0 Å². The van der Waals surface area contributed by atoms with Gasteiger partial charge >= 0.3 is 5.97 Å². The molecule has 82 valence electrons. The minimum absolute atomic E-state index is 0.0313. The third kappa shape index (κ3) is 1.88. The minimum atomic E-state index is -1.06. The molecule has 1 aromatic carbocycles. The maximum Gasteiger partial charge on any atom is 0.358 e. The number of carbonyl (C=O) groups is 1. The first-order valence-corrected chi connectivity index (χ1v) is 4.66.